The van der Waals surface area contributed by atoms with E-state index in [-0.39, 0.29) is 23.6 Å². The molecule has 0 atom stereocenters. The molecular weight excluding hydrogens is 232 g/mol. The van der Waals surface area contributed by atoms with E-state index in [4.69, 9.17) is 22.4 Å². The van der Waals surface area contributed by atoms with Crippen LogP contribution in [0.1, 0.15) is 16.8 Å². The maximum Gasteiger partial charge on any atom is 0.305 e. The number of carboxylic acids is 1. The largest absolute Gasteiger partial charge is 0.481 e. The average Bonchev–Trinajstić information content (AvgIpc) is 2.16. The molecule has 0 aliphatic heterocycles. The molecule has 0 bridgehead atoms. The number of nitrogens with one attached hydrogen (secondary N) is 1. The predicted octanol–water partition coefficient (Wildman–Crippen LogP) is 1.33. The molecule has 1 rings (SSSR count). The summed E-state index contributed by atoms with van der Waals surface area (Å²) in [7, 11) is 0. The second-order valence-corrected chi connectivity index (χ2v) is 3.50. The van der Waals surface area contributed by atoms with Crippen LogP contribution in [0.5, 0.6) is 0 Å². The van der Waals surface area contributed by atoms with E-state index in [0.717, 1.165) is 0 Å². The molecule has 4 N–H and O–H groups in total. The smallest absolute Gasteiger partial charge is 0.305 e. The van der Waals surface area contributed by atoms with Crippen LogP contribution in [0.2, 0.25) is 5.02 Å². The number of halogens is 1. The Bertz CT molecular complexity index is 421. The maximum atomic E-state index is 11.1. The molecule has 1 amide bonds. The van der Waals surface area contributed by atoms with Gasteiger partial charge in [0, 0.05) is 12.2 Å². The monoisotopic (exact) mass is 242 g/mol. The van der Waals surface area contributed by atoms with Crippen LogP contribution in [-0.2, 0) is 4.79 Å². The molecule has 5 nitrogen and oxygen atoms in total. The van der Waals surface area contributed by atoms with Crippen molar-refractivity contribution in [2.75, 3.05) is 11.9 Å². The van der Waals surface area contributed by atoms with Crippen molar-refractivity contribution in [3.05, 3.63) is 28.8 Å². The molecule has 0 aliphatic rings. The molecule has 0 saturated heterocycles. The van der Waals surface area contributed by atoms with Crippen LogP contribution >= 0.6 is 11.6 Å². The lowest BCUT2D eigenvalue weighted by atomic mass is 10.1. The van der Waals surface area contributed by atoms with Gasteiger partial charge in [-0.05, 0) is 12.1 Å². The third-order valence-electron chi connectivity index (χ3n) is 1.91. The van der Waals surface area contributed by atoms with Gasteiger partial charge in [0.15, 0.2) is 0 Å². The van der Waals surface area contributed by atoms with Gasteiger partial charge < -0.3 is 16.2 Å². The standard InChI is InChI=1S/C10H11ClN2O3/c11-6-2-1-3-7(9(6)10(12)16)13-5-4-8(14)15/h1-3,13H,4-5H2,(H2,12,16)(H,14,15). The molecule has 0 radical (unpaired) electrons. The van der Waals surface area contributed by atoms with E-state index in [1.807, 2.05) is 0 Å². The molecule has 0 aromatic heterocycles. The van der Waals surface area contributed by atoms with Gasteiger partial charge in [0.2, 0.25) is 0 Å². The van der Waals surface area contributed by atoms with Crippen molar-refractivity contribution >= 4 is 29.2 Å². The summed E-state index contributed by atoms with van der Waals surface area (Å²) in [5.41, 5.74) is 5.79. The van der Waals surface area contributed by atoms with Gasteiger partial charge in [0.05, 0.1) is 17.0 Å². The van der Waals surface area contributed by atoms with Gasteiger partial charge in [-0.25, -0.2) is 0 Å². The van der Waals surface area contributed by atoms with Gasteiger partial charge in [-0.1, -0.05) is 17.7 Å². The number of amides is 1. The normalized spacial score (nSPS) is 9.81. The van der Waals surface area contributed by atoms with Gasteiger partial charge in [-0.3, -0.25) is 9.59 Å². The Morgan fingerprint density at radius 2 is 2.12 bits per heavy atom. The highest BCUT2D eigenvalue weighted by Gasteiger charge is 2.12. The summed E-state index contributed by atoms with van der Waals surface area (Å²) in [4.78, 5) is 21.4. The van der Waals surface area contributed by atoms with Crippen molar-refractivity contribution < 1.29 is 14.7 Å². The number of primary amides is 1. The number of nitrogens with two attached hydrogens (primary N) is 1. The van der Waals surface area contributed by atoms with E-state index in [0.29, 0.717) is 5.69 Å². The zero-order chi connectivity index (χ0) is 12.1. The van der Waals surface area contributed by atoms with Crippen molar-refractivity contribution in [2.24, 2.45) is 5.73 Å². The number of carbonyl (C=O) groups is 2. The molecule has 6 heteroatoms. The van der Waals surface area contributed by atoms with Crippen LogP contribution in [0.4, 0.5) is 5.69 Å². The average molecular weight is 243 g/mol. The number of hydrogen-bond donors (Lipinski definition) is 3. The van der Waals surface area contributed by atoms with Crippen LogP contribution in [-0.4, -0.2) is 23.5 Å². The van der Waals surface area contributed by atoms with Gasteiger partial charge in [-0.15, -0.1) is 0 Å². The molecule has 0 fully saturated rings. The Morgan fingerprint density at radius 1 is 1.44 bits per heavy atom. The lowest BCUT2D eigenvalue weighted by Gasteiger charge is -2.10. The number of anilines is 1. The summed E-state index contributed by atoms with van der Waals surface area (Å²) in [6.07, 6.45) is -0.0509. The Balaban J connectivity index is 2.83. The molecule has 0 saturated carbocycles. The number of carboxylic acid groups (broad SMARTS) is 1. The Kier molecular flexibility index (Phi) is 4.13. The van der Waals surface area contributed by atoms with Crippen molar-refractivity contribution in [1.82, 2.24) is 0 Å². The second-order valence-electron chi connectivity index (χ2n) is 3.10. The van der Waals surface area contributed by atoms with Gasteiger partial charge >= 0.3 is 5.97 Å². The van der Waals surface area contributed by atoms with Crippen LogP contribution in [0.15, 0.2) is 18.2 Å². The van der Waals surface area contributed by atoms with Crippen molar-refractivity contribution in [3.8, 4) is 0 Å². The predicted molar refractivity (Wildman–Crippen MR) is 60.7 cm³/mol. The van der Waals surface area contributed by atoms with Gasteiger partial charge in [0.25, 0.3) is 5.91 Å². The molecular formula is C10H11ClN2O3. The Hall–Kier alpha value is -1.75. The quantitative estimate of drug-likeness (QED) is 0.726. The van der Waals surface area contributed by atoms with Crippen molar-refractivity contribution in [2.45, 2.75) is 6.42 Å². The van der Waals surface area contributed by atoms with Crippen LogP contribution < -0.4 is 11.1 Å². The highest BCUT2D eigenvalue weighted by atomic mass is 35.5. The highest BCUT2D eigenvalue weighted by molar-refractivity contribution is 6.34. The summed E-state index contributed by atoms with van der Waals surface area (Å²) in [6, 6.07) is 4.82. The molecule has 0 aliphatic carbocycles. The SMILES string of the molecule is NC(=O)c1c(Cl)cccc1NCCC(=O)O. The summed E-state index contributed by atoms with van der Waals surface area (Å²) in [5, 5.41) is 11.5. The topological polar surface area (TPSA) is 92.4 Å². The lowest BCUT2D eigenvalue weighted by Crippen LogP contribution is -2.16. The highest BCUT2D eigenvalue weighted by Crippen LogP contribution is 2.23. The van der Waals surface area contributed by atoms with Gasteiger partial charge in [-0.2, -0.15) is 0 Å². The molecule has 0 spiro atoms. The fraction of sp³-hybridized carbons (Fsp3) is 0.200. The minimum Gasteiger partial charge on any atom is -0.481 e. The molecule has 1 aromatic carbocycles. The molecule has 0 heterocycles. The third kappa shape index (κ3) is 3.13. The summed E-state index contributed by atoms with van der Waals surface area (Å²) in [5.74, 6) is -1.57. The van der Waals surface area contributed by atoms with Crippen molar-refractivity contribution in [3.63, 3.8) is 0 Å². The first-order valence-electron chi connectivity index (χ1n) is 4.56. The lowest BCUT2D eigenvalue weighted by molar-refractivity contribution is -0.136. The van der Waals surface area contributed by atoms with Crippen LogP contribution in [0.25, 0.3) is 0 Å². The Morgan fingerprint density at radius 3 is 2.69 bits per heavy atom. The van der Waals surface area contributed by atoms with Crippen molar-refractivity contribution in [1.29, 1.82) is 0 Å². The van der Waals surface area contributed by atoms with E-state index in [1.165, 1.54) is 0 Å². The molecule has 1 aromatic rings. The van der Waals surface area contributed by atoms with Gasteiger partial charge in [0.1, 0.15) is 0 Å². The first kappa shape index (κ1) is 12.3. The maximum absolute atomic E-state index is 11.1. The van der Waals surface area contributed by atoms with E-state index in [9.17, 15) is 9.59 Å². The fourth-order valence-electron chi connectivity index (χ4n) is 1.23. The minimum atomic E-state index is -0.921. The third-order valence-corrected chi connectivity index (χ3v) is 2.23. The summed E-state index contributed by atoms with van der Waals surface area (Å²) >= 11 is 5.81. The van der Waals surface area contributed by atoms with Crippen LogP contribution in [0, 0.1) is 0 Å². The summed E-state index contributed by atoms with van der Waals surface area (Å²) < 4.78 is 0. The van der Waals surface area contributed by atoms with E-state index in [1.54, 1.807) is 18.2 Å². The number of carbonyl (C=O) groups excluding carboxylic acids is 1. The number of rotatable bonds is 5. The zero-order valence-corrected chi connectivity index (χ0v) is 9.12. The fourth-order valence-corrected chi connectivity index (χ4v) is 1.49. The van der Waals surface area contributed by atoms with E-state index < -0.39 is 11.9 Å². The van der Waals surface area contributed by atoms with Crippen LogP contribution in [0.3, 0.4) is 0 Å². The Labute approximate surface area is 97.2 Å². The first-order chi connectivity index (χ1) is 7.52. The summed E-state index contributed by atoms with van der Waals surface area (Å²) in [6.45, 7) is 0.204. The number of aliphatic carboxylic acids is 1. The molecule has 16 heavy (non-hydrogen) atoms. The van der Waals surface area contributed by atoms with E-state index >= 15 is 0 Å². The minimum absolute atomic E-state index is 0.0509. The second kappa shape index (κ2) is 5.37. The number of benzene rings is 1. The molecule has 0 unspecified atom stereocenters. The zero-order valence-electron chi connectivity index (χ0n) is 8.37. The number of hydrogen-bond acceptors (Lipinski definition) is 3. The molecule has 86 valence electrons. The first-order valence-corrected chi connectivity index (χ1v) is 4.94. The van der Waals surface area contributed by atoms with E-state index in [2.05, 4.69) is 5.32 Å².